The van der Waals surface area contributed by atoms with Crippen molar-refractivity contribution in [1.29, 1.82) is 0 Å². The number of fused-ring (bicyclic) bond motifs is 1. The van der Waals surface area contributed by atoms with Crippen LogP contribution < -0.4 is 24.3 Å². The largest absolute Gasteiger partial charge is 0.494 e. The van der Waals surface area contributed by atoms with Crippen molar-refractivity contribution in [2.45, 2.75) is 19.9 Å². The Morgan fingerprint density at radius 3 is 2.52 bits per heavy atom. The third-order valence-electron chi connectivity index (χ3n) is 3.59. The average molecular weight is 343 g/mol. The predicted octanol–water partition coefficient (Wildman–Crippen LogP) is 2.90. The lowest BCUT2D eigenvalue weighted by molar-refractivity contribution is -0.123. The molecule has 6 nitrogen and oxygen atoms in total. The van der Waals surface area contributed by atoms with E-state index in [9.17, 15) is 4.79 Å². The van der Waals surface area contributed by atoms with Gasteiger partial charge in [0.2, 0.25) is 6.79 Å². The van der Waals surface area contributed by atoms with Gasteiger partial charge < -0.3 is 24.3 Å². The maximum atomic E-state index is 11.9. The zero-order valence-corrected chi connectivity index (χ0v) is 14.1. The van der Waals surface area contributed by atoms with E-state index < -0.39 is 0 Å². The van der Waals surface area contributed by atoms with Gasteiger partial charge in [-0.05, 0) is 48.4 Å². The van der Waals surface area contributed by atoms with Crippen molar-refractivity contribution in [2.75, 3.05) is 20.0 Å². The summed E-state index contributed by atoms with van der Waals surface area (Å²) < 4.78 is 21.6. The normalized spacial score (nSPS) is 11.9. The first kappa shape index (κ1) is 17.0. The van der Waals surface area contributed by atoms with Gasteiger partial charge in [-0.15, -0.1) is 0 Å². The second-order valence-electron chi connectivity index (χ2n) is 5.57. The van der Waals surface area contributed by atoms with Gasteiger partial charge in [-0.3, -0.25) is 4.79 Å². The Kier molecular flexibility index (Phi) is 5.61. The molecule has 0 radical (unpaired) electrons. The van der Waals surface area contributed by atoms with Gasteiger partial charge in [-0.1, -0.05) is 13.0 Å². The van der Waals surface area contributed by atoms with Crippen LogP contribution in [0.5, 0.6) is 23.0 Å². The summed E-state index contributed by atoms with van der Waals surface area (Å²) in [6, 6.07) is 12.8. The van der Waals surface area contributed by atoms with Gasteiger partial charge in [0.05, 0.1) is 6.61 Å². The van der Waals surface area contributed by atoms with Crippen molar-refractivity contribution in [2.24, 2.45) is 0 Å². The minimum Gasteiger partial charge on any atom is -0.494 e. The van der Waals surface area contributed by atoms with Crippen LogP contribution in [0.2, 0.25) is 0 Å². The second kappa shape index (κ2) is 8.28. The van der Waals surface area contributed by atoms with Gasteiger partial charge >= 0.3 is 0 Å². The molecule has 1 heterocycles. The van der Waals surface area contributed by atoms with E-state index in [1.54, 1.807) is 12.1 Å². The molecule has 0 aromatic heterocycles. The van der Waals surface area contributed by atoms with E-state index in [1.807, 2.05) is 30.3 Å². The fourth-order valence-electron chi connectivity index (χ4n) is 2.30. The fraction of sp³-hybridized carbons (Fsp3) is 0.316. The van der Waals surface area contributed by atoms with Gasteiger partial charge in [-0.25, -0.2) is 0 Å². The number of rotatable bonds is 8. The molecule has 0 spiro atoms. The molecule has 0 saturated heterocycles. The Morgan fingerprint density at radius 1 is 1.04 bits per heavy atom. The van der Waals surface area contributed by atoms with Crippen LogP contribution in [0.1, 0.15) is 18.9 Å². The highest BCUT2D eigenvalue weighted by Crippen LogP contribution is 2.32. The highest BCUT2D eigenvalue weighted by Gasteiger charge is 2.13. The molecule has 25 heavy (non-hydrogen) atoms. The molecule has 1 aliphatic rings. The van der Waals surface area contributed by atoms with E-state index in [0.717, 1.165) is 23.5 Å². The van der Waals surface area contributed by atoms with Crippen LogP contribution in [0.3, 0.4) is 0 Å². The van der Waals surface area contributed by atoms with Crippen LogP contribution in [0.4, 0.5) is 0 Å². The quantitative estimate of drug-likeness (QED) is 0.798. The molecule has 1 aliphatic heterocycles. The van der Waals surface area contributed by atoms with Crippen molar-refractivity contribution in [1.82, 2.24) is 5.32 Å². The monoisotopic (exact) mass is 343 g/mol. The van der Waals surface area contributed by atoms with E-state index in [2.05, 4.69) is 12.2 Å². The summed E-state index contributed by atoms with van der Waals surface area (Å²) in [5.41, 5.74) is 0.940. The zero-order valence-electron chi connectivity index (χ0n) is 14.1. The summed E-state index contributed by atoms with van der Waals surface area (Å²) in [5, 5.41) is 2.81. The first-order valence-electron chi connectivity index (χ1n) is 8.25. The first-order chi connectivity index (χ1) is 12.2. The van der Waals surface area contributed by atoms with E-state index >= 15 is 0 Å². The molecular weight excluding hydrogens is 322 g/mol. The molecule has 6 heteroatoms. The summed E-state index contributed by atoms with van der Waals surface area (Å²) in [6.45, 7) is 3.34. The van der Waals surface area contributed by atoms with Gasteiger partial charge in [0.15, 0.2) is 18.1 Å². The van der Waals surface area contributed by atoms with E-state index in [0.29, 0.717) is 24.7 Å². The molecule has 2 aromatic rings. The number of ether oxygens (including phenoxy) is 4. The molecule has 3 rings (SSSR count). The smallest absolute Gasteiger partial charge is 0.258 e. The maximum absolute atomic E-state index is 11.9. The average Bonchev–Trinajstić information content (AvgIpc) is 3.11. The van der Waals surface area contributed by atoms with Crippen LogP contribution in [0, 0.1) is 0 Å². The van der Waals surface area contributed by atoms with Crippen LogP contribution in [0.25, 0.3) is 0 Å². The minimum absolute atomic E-state index is 0.0419. The van der Waals surface area contributed by atoms with Crippen LogP contribution in [0.15, 0.2) is 42.5 Å². The van der Waals surface area contributed by atoms with E-state index in [1.165, 1.54) is 0 Å². The van der Waals surface area contributed by atoms with Gasteiger partial charge in [0, 0.05) is 6.54 Å². The van der Waals surface area contributed by atoms with E-state index in [4.69, 9.17) is 18.9 Å². The molecule has 0 fully saturated rings. The number of nitrogens with one attached hydrogen (secondary N) is 1. The number of carbonyl (C=O) groups is 1. The standard InChI is InChI=1S/C19H21NO5/c1-2-9-22-15-4-6-16(7-5-15)23-12-19(21)20-11-14-3-8-17-18(10-14)25-13-24-17/h3-8,10H,2,9,11-13H2,1H3,(H,20,21). The Labute approximate surface area is 146 Å². The topological polar surface area (TPSA) is 66.0 Å². The number of carbonyl (C=O) groups excluding carboxylic acids is 1. The summed E-state index contributed by atoms with van der Waals surface area (Å²) in [4.78, 5) is 11.9. The fourth-order valence-corrected chi connectivity index (χ4v) is 2.30. The third-order valence-corrected chi connectivity index (χ3v) is 3.59. The molecule has 0 unspecified atom stereocenters. The lowest BCUT2D eigenvalue weighted by atomic mass is 10.2. The van der Waals surface area contributed by atoms with Crippen LogP contribution in [-0.4, -0.2) is 25.9 Å². The first-order valence-corrected chi connectivity index (χ1v) is 8.25. The van der Waals surface area contributed by atoms with E-state index in [-0.39, 0.29) is 19.3 Å². The third kappa shape index (κ3) is 4.79. The lowest BCUT2D eigenvalue weighted by Gasteiger charge is -2.09. The number of benzene rings is 2. The molecule has 0 atom stereocenters. The SMILES string of the molecule is CCCOc1ccc(OCC(=O)NCc2ccc3c(c2)OCO3)cc1. The molecule has 132 valence electrons. The molecule has 1 N–H and O–H groups in total. The minimum atomic E-state index is -0.191. The summed E-state index contributed by atoms with van der Waals surface area (Å²) in [7, 11) is 0. The van der Waals surface area contributed by atoms with Crippen LogP contribution >= 0.6 is 0 Å². The maximum Gasteiger partial charge on any atom is 0.258 e. The van der Waals surface area contributed by atoms with Crippen LogP contribution in [-0.2, 0) is 11.3 Å². The molecule has 0 bridgehead atoms. The molecule has 1 amide bonds. The highest BCUT2D eigenvalue weighted by molar-refractivity contribution is 5.77. The van der Waals surface area contributed by atoms with Gasteiger partial charge in [-0.2, -0.15) is 0 Å². The summed E-state index contributed by atoms with van der Waals surface area (Å²) in [6.07, 6.45) is 0.960. The van der Waals surface area contributed by atoms with Crippen molar-refractivity contribution in [3.05, 3.63) is 48.0 Å². The highest BCUT2D eigenvalue weighted by atomic mass is 16.7. The van der Waals surface area contributed by atoms with Gasteiger partial charge in [0.1, 0.15) is 11.5 Å². The van der Waals surface area contributed by atoms with Crippen molar-refractivity contribution in [3.63, 3.8) is 0 Å². The molecule has 0 saturated carbocycles. The Bertz CT molecular complexity index is 714. The molecular formula is C19H21NO5. The Morgan fingerprint density at radius 2 is 1.76 bits per heavy atom. The lowest BCUT2D eigenvalue weighted by Crippen LogP contribution is -2.28. The zero-order chi connectivity index (χ0) is 17.5. The second-order valence-corrected chi connectivity index (χ2v) is 5.57. The van der Waals surface area contributed by atoms with Crippen molar-refractivity contribution >= 4 is 5.91 Å². The number of amides is 1. The molecule has 2 aromatic carbocycles. The number of hydrogen-bond donors (Lipinski definition) is 1. The predicted molar refractivity (Wildman–Crippen MR) is 92.1 cm³/mol. The summed E-state index contributed by atoms with van der Waals surface area (Å²) >= 11 is 0. The Balaban J connectivity index is 1.42. The summed E-state index contributed by atoms with van der Waals surface area (Å²) in [5.74, 6) is 2.66. The van der Waals surface area contributed by atoms with Gasteiger partial charge in [0.25, 0.3) is 5.91 Å². The van der Waals surface area contributed by atoms with Crippen molar-refractivity contribution < 1.29 is 23.7 Å². The Hall–Kier alpha value is -2.89. The number of hydrogen-bond acceptors (Lipinski definition) is 5. The van der Waals surface area contributed by atoms with Crippen molar-refractivity contribution in [3.8, 4) is 23.0 Å². The molecule has 0 aliphatic carbocycles.